The van der Waals surface area contributed by atoms with Gasteiger partial charge in [0.05, 0.1) is 11.6 Å². The van der Waals surface area contributed by atoms with E-state index in [1.165, 1.54) is 41.5 Å². The molecular weight excluding hydrogens is 486 g/mol. The first-order valence-corrected chi connectivity index (χ1v) is 10.1. The van der Waals surface area contributed by atoms with Crippen molar-refractivity contribution >= 4 is 23.2 Å². The normalized spacial score (nSPS) is 12.8. The molecule has 4 aromatic rings. The summed E-state index contributed by atoms with van der Waals surface area (Å²) in [5.41, 5.74) is -0.543. The third-order valence-corrected chi connectivity index (χ3v) is 5.09. The molecule has 3 heterocycles. The zero-order valence-electron chi connectivity index (χ0n) is 16.5. The van der Waals surface area contributed by atoms with Crippen molar-refractivity contribution in [2.75, 3.05) is 0 Å². The number of hydrogen-bond donors (Lipinski definition) is 1. The van der Waals surface area contributed by atoms with Crippen molar-refractivity contribution < 1.29 is 18.3 Å². The van der Waals surface area contributed by atoms with E-state index in [9.17, 15) is 23.1 Å². The third-order valence-electron chi connectivity index (χ3n) is 4.55. The van der Waals surface area contributed by atoms with Crippen LogP contribution in [-0.2, 0) is 13.1 Å². The molecule has 0 saturated carbocycles. The fraction of sp³-hybridized carbons (Fsp3) is 0.211. The van der Waals surface area contributed by atoms with Crippen LogP contribution in [0.25, 0.3) is 17.2 Å². The number of aliphatic hydroxyl groups is 1. The highest BCUT2D eigenvalue weighted by atomic mass is 35.5. The predicted octanol–water partition coefficient (Wildman–Crippen LogP) is 2.97. The van der Waals surface area contributed by atoms with Gasteiger partial charge in [0.25, 0.3) is 0 Å². The molecular formula is C19H14Cl2F3N7O2. The molecule has 0 fully saturated rings. The number of hydrogen-bond acceptors (Lipinski definition) is 6. The molecule has 14 heteroatoms. The van der Waals surface area contributed by atoms with E-state index >= 15 is 0 Å². The second-order valence-corrected chi connectivity index (χ2v) is 7.70. The summed E-state index contributed by atoms with van der Waals surface area (Å²) in [5.74, 6) is 0.376. The monoisotopic (exact) mass is 499 g/mol. The lowest BCUT2D eigenvalue weighted by molar-refractivity contribution is -0.207. The molecule has 0 bridgehead atoms. The summed E-state index contributed by atoms with van der Waals surface area (Å²) in [4.78, 5) is 21.1. The molecule has 1 N–H and O–H groups in total. The Labute approximate surface area is 193 Å². The van der Waals surface area contributed by atoms with Crippen molar-refractivity contribution in [1.29, 1.82) is 0 Å². The zero-order chi connectivity index (χ0) is 23.8. The Bertz CT molecular complexity index is 1330. The van der Waals surface area contributed by atoms with Gasteiger partial charge in [0.1, 0.15) is 12.9 Å². The highest BCUT2D eigenvalue weighted by Crippen LogP contribution is 2.24. The van der Waals surface area contributed by atoms with Crippen molar-refractivity contribution in [3.05, 3.63) is 75.3 Å². The van der Waals surface area contributed by atoms with Crippen LogP contribution in [-0.4, -0.2) is 51.5 Å². The third kappa shape index (κ3) is 4.92. The number of alkyl halides is 3. The summed E-state index contributed by atoms with van der Waals surface area (Å²) in [5, 5.41) is 18.6. The maximum atomic E-state index is 13.0. The Balaban J connectivity index is 1.71. The van der Waals surface area contributed by atoms with Crippen LogP contribution in [0.15, 0.2) is 53.7 Å². The number of aromatic nitrogens is 7. The van der Waals surface area contributed by atoms with E-state index in [1.54, 1.807) is 12.1 Å². The van der Waals surface area contributed by atoms with Crippen molar-refractivity contribution in [2.24, 2.45) is 0 Å². The predicted molar refractivity (Wildman–Crippen MR) is 112 cm³/mol. The molecule has 9 nitrogen and oxygen atoms in total. The van der Waals surface area contributed by atoms with E-state index in [0.717, 1.165) is 9.25 Å². The quantitative estimate of drug-likeness (QED) is 0.437. The molecule has 0 aliphatic rings. The number of rotatable bonds is 6. The molecule has 0 spiro atoms. The van der Waals surface area contributed by atoms with Crippen LogP contribution in [0.1, 0.15) is 5.82 Å². The molecule has 0 amide bonds. The van der Waals surface area contributed by atoms with Gasteiger partial charge in [-0.1, -0.05) is 23.2 Å². The lowest BCUT2D eigenvalue weighted by Gasteiger charge is -2.15. The highest BCUT2D eigenvalue weighted by molar-refractivity contribution is 6.32. The average molecular weight is 500 g/mol. The van der Waals surface area contributed by atoms with Gasteiger partial charge >= 0.3 is 11.9 Å². The first kappa shape index (κ1) is 23.0. The van der Waals surface area contributed by atoms with Crippen LogP contribution in [0.5, 0.6) is 0 Å². The number of aliphatic hydroxyl groups excluding tert-OH is 1. The minimum Gasteiger partial charge on any atom is -0.382 e. The van der Waals surface area contributed by atoms with E-state index in [-0.39, 0.29) is 18.2 Å². The van der Waals surface area contributed by atoms with Crippen molar-refractivity contribution in [3.63, 3.8) is 0 Å². The number of nitrogens with zero attached hydrogens (tertiary/aromatic N) is 7. The Morgan fingerprint density at radius 3 is 2.45 bits per heavy atom. The van der Waals surface area contributed by atoms with Gasteiger partial charge in [0, 0.05) is 16.8 Å². The second-order valence-electron chi connectivity index (χ2n) is 6.85. The Morgan fingerprint density at radius 1 is 1.06 bits per heavy atom. The highest BCUT2D eigenvalue weighted by Gasteiger charge is 2.39. The summed E-state index contributed by atoms with van der Waals surface area (Å²) < 4.78 is 41.8. The Hall–Kier alpha value is -3.22. The summed E-state index contributed by atoms with van der Waals surface area (Å²) in [7, 11) is 0. The maximum absolute atomic E-state index is 13.0. The molecule has 0 saturated heterocycles. The minimum absolute atomic E-state index is 0.0767. The van der Waals surface area contributed by atoms with E-state index in [1.807, 2.05) is 0 Å². The second kappa shape index (κ2) is 8.96. The lowest BCUT2D eigenvalue weighted by Crippen LogP contribution is -2.37. The van der Waals surface area contributed by atoms with Gasteiger partial charge in [0.2, 0.25) is 0 Å². The van der Waals surface area contributed by atoms with Crippen LogP contribution in [0.2, 0.25) is 10.0 Å². The first-order valence-electron chi connectivity index (χ1n) is 9.33. The first-order chi connectivity index (χ1) is 15.6. The van der Waals surface area contributed by atoms with Crippen LogP contribution in [0.4, 0.5) is 13.2 Å². The van der Waals surface area contributed by atoms with Crippen LogP contribution < -0.4 is 5.69 Å². The minimum atomic E-state index is -4.92. The Kier molecular flexibility index (Phi) is 6.23. The summed E-state index contributed by atoms with van der Waals surface area (Å²) in [6.07, 6.45) is -4.83. The van der Waals surface area contributed by atoms with Gasteiger partial charge in [-0.25, -0.2) is 24.1 Å². The summed E-state index contributed by atoms with van der Waals surface area (Å²) >= 11 is 12.0. The van der Waals surface area contributed by atoms with E-state index in [2.05, 4.69) is 20.2 Å². The smallest absolute Gasteiger partial charge is 0.382 e. The van der Waals surface area contributed by atoms with Crippen molar-refractivity contribution in [2.45, 2.75) is 25.4 Å². The van der Waals surface area contributed by atoms with Gasteiger partial charge in [-0.2, -0.15) is 13.2 Å². The molecule has 1 aromatic carbocycles. The number of halogens is 5. The average Bonchev–Trinajstić information content (AvgIpc) is 3.34. The van der Waals surface area contributed by atoms with Gasteiger partial charge in [-0.15, -0.1) is 10.2 Å². The van der Waals surface area contributed by atoms with Crippen LogP contribution in [0.3, 0.4) is 0 Å². The lowest BCUT2D eigenvalue weighted by atomic mass is 10.2. The molecule has 3 aromatic heterocycles. The van der Waals surface area contributed by atoms with Gasteiger partial charge in [-0.3, -0.25) is 4.57 Å². The Morgan fingerprint density at radius 2 is 1.79 bits per heavy atom. The summed E-state index contributed by atoms with van der Waals surface area (Å²) in [6, 6.07) is 9.27. The van der Waals surface area contributed by atoms with Crippen LogP contribution in [0, 0.1) is 0 Å². The summed E-state index contributed by atoms with van der Waals surface area (Å²) in [6.45, 7) is -1.28. The molecule has 4 rings (SSSR count). The molecule has 33 heavy (non-hydrogen) atoms. The molecule has 0 unspecified atom stereocenters. The standard InChI is InChI=1S/C19H14Cl2F3N7O2/c20-12-5-3-11(4-6-12)16-28-30(18(33)29(16)8-14(32)19(22,23)24)9-15-26-10-31(27-15)17-13(21)2-1-7-25-17/h1-7,10,14,32H,8-9H2/t14-/m0/s1. The van der Waals surface area contributed by atoms with Gasteiger partial charge in [-0.05, 0) is 36.4 Å². The van der Waals surface area contributed by atoms with Gasteiger partial charge in [0.15, 0.2) is 23.6 Å². The maximum Gasteiger partial charge on any atom is 0.416 e. The fourth-order valence-electron chi connectivity index (χ4n) is 2.95. The number of pyridine rings is 1. The fourth-order valence-corrected chi connectivity index (χ4v) is 3.28. The van der Waals surface area contributed by atoms with E-state index in [0.29, 0.717) is 21.4 Å². The molecule has 0 aliphatic carbocycles. The van der Waals surface area contributed by atoms with Crippen LogP contribution >= 0.6 is 23.2 Å². The molecule has 172 valence electrons. The molecule has 0 radical (unpaired) electrons. The zero-order valence-corrected chi connectivity index (χ0v) is 18.0. The topological polar surface area (TPSA) is 104 Å². The van der Waals surface area contributed by atoms with Crippen molar-refractivity contribution in [3.8, 4) is 17.2 Å². The number of benzene rings is 1. The van der Waals surface area contributed by atoms with Crippen molar-refractivity contribution in [1.82, 2.24) is 34.1 Å². The van der Waals surface area contributed by atoms with E-state index in [4.69, 9.17) is 23.2 Å². The SMILES string of the molecule is O=c1n(Cc2ncn(-c3ncccc3Cl)n2)nc(-c2ccc(Cl)cc2)n1C[C@H](O)C(F)(F)F. The molecule has 0 aliphatic heterocycles. The largest absolute Gasteiger partial charge is 0.416 e. The van der Waals surface area contributed by atoms with Gasteiger partial charge < -0.3 is 5.11 Å². The molecule has 1 atom stereocenters. The van der Waals surface area contributed by atoms with E-state index < -0.39 is 24.5 Å².